The molecule has 0 atom stereocenters. The second kappa shape index (κ2) is 10.1. The second-order valence-electron chi connectivity index (χ2n) is 8.68. The van der Waals surface area contributed by atoms with Gasteiger partial charge in [-0.3, -0.25) is 9.56 Å². The Balaban J connectivity index is 1.39. The van der Waals surface area contributed by atoms with Crippen molar-refractivity contribution in [2.45, 2.75) is 39.7 Å². The fraction of sp³-hybridized carbons (Fsp3) is 0.321. The van der Waals surface area contributed by atoms with Crippen LogP contribution >= 0.6 is 11.3 Å². The van der Waals surface area contributed by atoms with Crippen LogP contribution in [0.4, 0.5) is 0 Å². The minimum absolute atomic E-state index is 0.516. The summed E-state index contributed by atoms with van der Waals surface area (Å²) in [7, 11) is 4.90. The molecule has 0 unspecified atom stereocenters. The summed E-state index contributed by atoms with van der Waals surface area (Å²) in [4.78, 5) is 6.30. The monoisotopic (exact) mass is 502 g/mol. The molecule has 0 fully saturated rings. The number of nitrogens with zero attached hydrogens (tertiary/aromatic N) is 4. The zero-order valence-electron chi connectivity index (χ0n) is 21.3. The molecule has 0 aliphatic carbocycles. The molecule has 0 N–H and O–H groups in total. The van der Waals surface area contributed by atoms with Crippen molar-refractivity contribution in [2.24, 2.45) is 4.99 Å². The summed E-state index contributed by atoms with van der Waals surface area (Å²) in [6.07, 6.45) is 2.75. The molecule has 0 saturated carbocycles. The topological polar surface area (TPSA) is 70.8 Å². The number of methoxy groups -OCH3 is 3. The molecule has 4 aromatic rings. The lowest BCUT2D eigenvalue weighted by molar-refractivity contribution is 0.324. The minimum Gasteiger partial charge on any atom is -0.493 e. The van der Waals surface area contributed by atoms with Crippen molar-refractivity contribution in [1.82, 2.24) is 14.8 Å². The molecule has 1 aliphatic heterocycles. The molecule has 186 valence electrons. The van der Waals surface area contributed by atoms with Crippen LogP contribution in [0.2, 0.25) is 0 Å². The van der Waals surface area contributed by atoms with E-state index < -0.39 is 0 Å². The molecule has 7 nitrogen and oxygen atoms in total. The van der Waals surface area contributed by atoms with Crippen molar-refractivity contribution >= 4 is 17.0 Å². The fourth-order valence-electron chi connectivity index (χ4n) is 4.59. The van der Waals surface area contributed by atoms with Gasteiger partial charge < -0.3 is 14.2 Å². The highest BCUT2D eigenvalue weighted by molar-refractivity contribution is 7.15. The number of rotatable bonds is 8. The first kappa shape index (κ1) is 24.1. The molecule has 0 bridgehead atoms. The van der Waals surface area contributed by atoms with E-state index >= 15 is 0 Å². The van der Waals surface area contributed by atoms with Crippen LogP contribution in [-0.2, 0) is 25.8 Å². The minimum atomic E-state index is 0.516. The van der Waals surface area contributed by atoms with Gasteiger partial charge in [0.1, 0.15) is 17.4 Å². The van der Waals surface area contributed by atoms with E-state index in [2.05, 4.69) is 52.0 Å². The molecule has 8 heteroatoms. The van der Waals surface area contributed by atoms with Gasteiger partial charge in [0, 0.05) is 16.0 Å². The van der Waals surface area contributed by atoms with Crippen molar-refractivity contribution in [3.8, 4) is 22.2 Å². The molecule has 0 amide bonds. The third-order valence-corrected chi connectivity index (χ3v) is 7.76. The predicted octanol–water partition coefficient (Wildman–Crippen LogP) is 5.36. The Morgan fingerprint density at radius 1 is 0.889 bits per heavy atom. The first-order valence-electron chi connectivity index (χ1n) is 12.0. The lowest BCUT2D eigenvalue weighted by Gasteiger charge is -2.14. The van der Waals surface area contributed by atoms with Gasteiger partial charge in [-0.25, -0.2) is 0 Å². The third-order valence-electron chi connectivity index (χ3n) is 6.49. The largest absolute Gasteiger partial charge is 0.493 e. The van der Waals surface area contributed by atoms with Crippen molar-refractivity contribution in [3.63, 3.8) is 0 Å². The maximum absolute atomic E-state index is 5.50. The molecular weight excluding hydrogens is 472 g/mol. The number of aryl methyl sites for hydroxylation is 4. The highest BCUT2D eigenvalue weighted by Crippen LogP contribution is 2.38. The molecule has 2 aromatic heterocycles. The molecule has 2 aromatic carbocycles. The van der Waals surface area contributed by atoms with Gasteiger partial charge in [0.05, 0.1) is 27.0 Å². The van der Waals surface area contributed by atoms with E-state index in [1.807, 2.05) is 19.1 Å². The standard InChI is InChI=1S/C28H30N4O3S/c1-6-21-15-22-26(29-16-25-31-30-17(2)32(25)28(22)36-21)20-11-9-18(10-12-20)7-8-19-13-23(33-3)27(35-5)24(14-19)34-4/h9-15H,6-8,16H2,1-5H3. The normalized spacial score (nSPS) is 12.4. The number of aromatic nitrogens is 3. The second-order valence-corrected chi connectivity index (χ2v) is 9.79. The molecule has 1 aliphatic rings. The lowest BCUT2D eigenvalue weighted by atomic mass is 9.99. The Morgan fingerprint density at radius 3 is 2.22 bits per heavy atom. The van der Waals surface area contributed by atoms with Gasteiger partial charge in [0.25, 0.3) is 0 Å². The highest BCUT2D eigenvalue weighted by atomic mass is 32.1. The number of ether oxygens (including phenoxy) is 3. The molecule has 0 saturated heterocycles. The van der Waals surface area contributed by atoms with Crippen LogP contribution in [0.3, 0.4) is 0 Å². The van der Waals surface area contributed by atoms with Crippen molar-refractivity contribution in [2.75, 3.05) is 21.3 Å². The van der Waals surface area contributed by atoms with Crippen molar-refractivity contribution in [3.05, 3.63) is 81.2 Å². The lowest BCUT2D eigenvalue weighted by Crippen LogP contribution is -2.05. The SMILES string of the molecule is CCc1cc2c(s1)-n1c(C)nnc1CN=C2c1ccc(CCc2cc(OC)c(OC)c(OC)c2)cc1. The van der Waals surface area contributed by atoms with Crippen LogP contribution < -0.4 is 14.2 Å². The van der Waals surface area contributed by atoms with Crippen LogP contribution in [0, 0.1) is 6.92 Å². The van der Waals surface area contributed by atoms with Crippen molar-refractivity contribution in [1.29, 1.82) is 0 Å². The zero-order chi connectivity index (χ0) is 25.2. The van der Waals surface area contributed by atoms with Gasteiger partial charge in [-0.1, -0.05) is 31.2 Å². The Kier molecular flexibility index (Phi) is 6.78. The van der Waals surface area contributed by atoms with E-state index in [0.29, 0.717) is 23.8 Å². The number of fused-ring (bicyclic) bond motifs is 3. The number of aliphatic imine (C=N–C) groups is 1. The van der Waals surface area contributed by atoms with Crippen LogP contribution in [0.1, 0.15) is 45.7 Å². The summed E-state index contributed by atoms with van der Waals surface area (Å²) in [5, 5.41) is 9.81. The highest BCUT2D eigenvalue weighted by Gasteiger charge is 2.24. The van der Waals surface area contributed by atoms with Gasteiger partial charge in [-0.15, -0.1) is 21.5 Å². The van der Waals surface area contributed by atoms with Crippen molar-refractivity contribution < 1.29 is 14.2 Å². The average Bonchev–Trinajstić information content (AvgIpc) is 3.46. The Hall–Kier alpha value is -3.65. The molecular formula is C28H30N4O3S. The zero-order valence-corrected chi connectivity index (χ0v) is 22.1. The summed E-state index contributed by atoms with van der Waals surface area (Å²) < 4.78 is 18.6. The Labute approximate surface area is 215 Å². The van der Waals surface area contributed by atoms with E-state index in [1.165, 1.54) is 10.4 Å². The quantitative estimate of drug-likeness (QED) is 0.324. The summed E-state index contributed by atoms with van der Waals surface area (Å²) in [5.41, 5.74) is 5.68. The average molecular weight is 503 g/mol. The van der Waals surface area contributed by atoms with Gasteiger partial charge >= 0.3 is 0 Å². The number of benzene rings is 2. The molecule has 36 heavy (non-hydrogen) atoms. The van der Waals surface area contributed by atoms with Gasteiger partial charge in [0.2, 0.25) is 5.75 Å². The number of hydrogen-bond donors (Lipinski definition) is 0. The molecule has 0 radical (unpaired) electrons. The maximum atomic E-state index is 5.50. The summed E-state index contributed by atoms with van der Waals surface area (Å²) >= 11 is 1.80. The van der Waals surface area contributed by atoms with Crippen LogP contribution in [0.15, 0.2) is 47.5 Å². The third kappa shape index (κ3) is 4.37. The Bertz CT molecular complexity index is 1390. The van der Waals surface area contributed by atoms with Gasteiger partial charge in [-0.2, -0.15) is 0 Å². The van der Waals surface area contributed by atoms with E-state index in [-0.39, 0.29) is 0 Å². The van der Waals surface area contributed by atoms with E-state index in [0.717, 1.165) is 58.3 Å². The van der Waals surface area contributed by atoms with E-state index in [4.69, 9.17) is 19.2 Å². The number of hydrogen-bond acceptors (Lipinski definition) is 7. The van der Waals surface area contributed by atoms with Crippen LogP contribution in [-0.4, -0.2) is 41.8 Å². The molecule has 0 spiro atoms. The van der Waals surface area contributed by atoms with E-state index in [9.17, 15) is 0 Å². The first-order valence-corrected chi connectivity index (χ1v) is 12.8. The summed E-state index contributed by atoms with van der Waals surface area (Å²) in [6.45, 7) is 4.70. The smallest absolute Gasteiger partial charge is 0.203 e. The first-order chi connectivity index (χ1) is 17.6. The molecule has 3 heterocycles. The fourth-order valence-corrected chi connectivity index (χ4v) is 5.76. The maximum Gasteiger partial charge on any atom is 0.203 e. The summed E-state index contributed by atoms with van der Waals surface area (Å²) in [6, 6.07) is 15.0. The predicted molar refractivity (Wildman–Crippen MR) is 143 cm³/mol. The Morgan fingerprint density at radius 2 is 1.58 bits per heavy atom. The summed E-state index contributed by atoms with van der Waals surface area (Å²) in [5.74, 6) is 3.75. The number of thiophene rings is 1. The molecule has 5 rings (SSSR count). The van der Waals surface area contributed by atoms with Gasteiger partial charge in [0.15, 0.2) is 17.3 Å². The van der Waals surface area contributed by atoms with Gasteiger partial charge in [-0.05, 0) is 55.5 Å². The van der Waals surface area contributed by atoms with Crippen LogP contribution in [0.25, 0.3) is 5.00 Å². The van der Waals surface area contributed by atoms with E-state index in [1.54, 1.807) is 32.7 Å². The van der Waals surface area contributed by atoms with Crippen LogP contribution in [0.5, 0.6) is 17.2 Å².